The van der Waals surface area contributed by atoms with Gasteiger partial charge in [0.1, 0.15) is 0 Å². The highest BCUT2D eigenvalue weighted by atomic mass is 16.2. The van der Waals surface area contributed by atoms with Gasteiger partial charge in [-0.3, -0.25) is 9.59 Å². The Kier molecular flexibility index (Phi) is 7.08. The maximum atomic E-state index is 13.1. The second kappa shape index (κ2) is 10.6. The van der Waals surface area contributed by atoms with Gasteiger partial charge in [-0.05, 0) is 54.5 Å². The van der Waals surface area contributed by atoms with E-state index >= 15 is 0 Å². The molecule has 5 heteroatoms. The van der Waals surface area contributed by atoms with Crippen LogP contribution in [0.25, 0.3) is 11.1 Å². The number of carbonyl (C=O) groups is 2. The van der Waals surface area contributed by atoms with Crippen molar-refractivity contribution in [3.63, 3.8) is 0 Å². The van der Waals surface area contributed by atoms with Gasteiger partial charge < -0.3 is 15.1 Å². The predicted octanol–water partition coefficient (Wildman–Crippen LogP) is 4.98. The number of benzene rings is 3. The maximum absolute atomic E-state index is 13.1. The highest BCUT2D eigenvalue weighted by Gasteiger charge is 2.38. The van der Waals surface area contributed by atoms with Crippen molar-refractivity contribution in [1.29, 1.82) is 0 Å². The van der Waals surface area contributed by atoms with Gasteiger partial charge in [0, 0.05) is 50.2 Å². The number of nitrogens with zero attached hydrogens (tertiary/aromatic N) is 2. The summed E-state index contributed by atoms with van der Waals surface area (Å²) in [7, 11) is 0. The number of para-hydroxylation sites is 1. The second-order valence-electron chi connectivity index (χ2n) is 10.2. The van der Waals surface area contributed by atoms with Crippen molar-refractivity contribution < 1.29 is 9.59 Å². The van der Waals surface area contributed by atoms with Crippen LogP contribution in [0.5, 0.6) is 0 Å². The Morgan fingerprint density at radius 3 is 2.19 bits per heavy atom. The molecule has 1 atom stereocenters. The van der Waals surface area contributed by atoms with Crippen molar-refractivity contribution in [1.82, 2.24) is 10.2 Å². The van der Waals surface area contributed by atoms with Crippen molar-refractivity contribution in [3.8, 4) is 11.1 Å². The molecule has 2 heterocycles. The normalized spacial score (nSPS) is 19.9. The molecule has 2 fully saturated rings. The monoisotopic (exact) mass is 481 g/mol. The van der Waals surface area contributed by atoms with Crippen molar-refractivity contribution in [2.75, 3.05) is 31.1 Å². The number of piperazine rings is 1. The third-order valence-electron chi connectivity index (χ3n) is 7.74. The molecular formula is C31H35N3O2. The van der Waals surface area contributed by atoms with Crippen LogP contribution in [0.15, 0.2) is 78.9 Å². The predicted molar refractivity (Wildman–Crippen MR) is 145 cm³/mol. The van der Waals surface area contributed by atoms with Crippen LogP contribution in [0.2, 0.25) is 0 Å². The molecule has 0 radical (unpaired) electrons. The summed E-state index contributed by atoms with van der Waals surface area (Å²) < 4.78 is 0. The van der Waals surface area contributed by atoms with Crippen LogP contribution in [0.3, 0.4) is 0 Å². The first kappa shape index (κ1) is 24.1. The minimum atomic E-state index is -0.343. The number of nitrogens with one attached hydrogen (secondary N) is 1. The molecule has 2 aliphatic heterocycles. The van der Waals surface area contributed by atoms with Gasteiger partial charge in [0.25, 0.3) is 0 Å². The van der Waals surface area contributed by atoms with Crippen LogP contribution in [0.1, 0.15) is 36.8 Å². The number of hydrogen-bond donors (Lipinski definition) is 1. The molecule has 1 N–H and O–H groups in total. The Bertz CT molecular complexity index is 1200. The van der Waals surface area contributed by atoms with E-state index in [4.69, 9.17) is 0 Å². The lowest BCUT2D eigenvalue weighted by Gasteiger charge is -2.37. The summed E-state index contributed by atoms with van der Waals surface area (Å²) in [5.41, 5.74) is 5.76. The minimum Gasteiger partial charge on any atom is -0.368 e. The first-order valence-electron chi connectivity index (χ1n) is 13.1. The van der Waals surface area contributed by atoms with Crippen molar-refractivity contribution in [2.45, 2.75) is 44.6 Å². The van der Waals surface area contributed by atoms with Crippen LogP contribution >= 0.6 is 0 Å². The van der Waals surface area contributed by atoms with Gasteiger partial charge in [0.2, 0.25) is 11.8 Å². The highest BCUT2D eigenvalue weighted by Crippen LogP contribution is 2.31. The summed E-state index contributed by atoms with van der Waals surface area (Å²) in [4.78, 5) is 29.7. The number of carbonyl (C=O) groups excluding carboxylic acids is 2. The van der Waals surface area contributed by atoms with Crippen molar-refractivity contribution in [2.24, 2.45) is 0 Å². The minimum absolute atomic E-state index is 0.0928. The topological polar surface area (TPSA) is 52.7 Å². The molecular weight excluding hydrogens is 446 g/mol. The molecule has 2 saturated heterocycles. The van der Waals surface area contributed by atoms with Gasteiger partial charge in [-0.1, -0.05) is 72.8 Å². The summed E-state index contributed by atoms with van der Waals surface area (Å²) in [6, 6.07) is 27.4. The number of anilines is 1. The van der Waals surface area contributed by atoms with Gasteiger partial charge in [0.05, 0.1) is 0 Å². The van der Waals surface area contributed by atoms with Gasteiger partial charge >= 0.3 is 0 Å². The van der Waals surface area contributed by atoms with E-state index in [2.05, 4.69) is 77.8 Å². The van der Waals surface area contributed by atoms with Crippen LogP contribution in [0, 0.1) is 6.92 Å². The molecule has 0 unspecified atom stereocenters. The zero-order valence-corrected chi connectivity index (χ0v) is 21.1. The number of aryl methyl sites for hydroxylation is 1. The first-order chi connectivity index (χ1) is 17.5. The third kappa shape index (κ3) is 5.46. The lowest BCUT2D eigenvalue weighted by atomic mass is 9.84. The molecule has 3 aromatic rings. The molecule has 3 aromatic carbocycles. The molecule has 2 aliphatic rings. The van der Waals surface area contributed by atoms with Gasteiger partial charge in [-0.2, -0.15) is 0 Å². The molecule has 5 rings (SSSR count). The van der Waals surface area contributed by atoms with Gasteiger partial charge in [0.15, 0.2) is 0 Å². The lowest BCUT2D eigenvalue weighted by Crippen LogP contribution is -2.50. The summed E-state index contributed by atoms with van der Waals surface area (Å²) in [5.74, 6) is 0.287. The van der Waals surface area contributed by atoms with Gasteiger partial charge in [-0.25, -0.2) is 0 Å². The van der Waals surface area contributed by atoms with Gasteiger partial charge in [-0.15, -0.1) is 0 Å². The lowest BCUT2D eigenvalue weighted by molar-refractivity contribution is -0.132. The van der Waals surface area contributed by atoms with E-state index in [-0.39, 0.29) is 17.4 Å². The molecule has 186 valence electrons. The quantitative estimate of drug-likeness (QED) is 0.518. The highest BCUT2D eigenvalue weighted by molar-refractivity contribution is 5.80. The zero-order chi connectivity index (χ0) is 25.0. The average molecular weight is 482 g/mol. The second-order valence-corrected chi connectivity index (χ2v) is 10.2. The van der Waals surface area contributed by atoms with E-state index in [1.807, 2.05) is 23.1 Å². The number of rotatable bonds is 7. The smallest absolute Gasteiger partial charge is 0.222 e. The first-order valence-corrected chi connectivity index (χ1v) is 13.1. The Balaban J connectivity index is 1.19. The fourth-order valence-electron chi connectivity index (χ4n) is 5.64. The average Bonchev–Trinajstić information content (AvgIpc) is 3.29. The summed E-state index contributed by atoms with van der Waals surface area (Å²) in [6.45, 7) is 5.33. The molecule has 2 amide bonds. The van der Waals surface area contributed by atoms with Crippen LogP contribution < -0.4 is 10.2 Å². The van der Waals surface area contributed by atoms with E-state index in [0.717, 1.165) is 39.0 Å². The maximum Gasteiger partial charge on any atom is 0.222 e. The molecule has 0 saturated carbocycles. The largest absolute Gasteiger partial charge is 0.368 e. The molecule has 0 aromatic heterocycles. The molecule has 0 spiro atoms. The van der Waals surface area contributed by atoms with Crippen LogP contribution in [-0.4, -0.2) is 48.4 Å². The SMILES string of the molecule is Cc1ccccc1N1CCN(C(=O)CC[C@@]2(Cc3ccc(-c4ccccc4)cc3)CCC(=O)N2)CC1. The van der Waals surface area contributed by atoms with E-state index < -0.39 is 0 Å². The van der Waals surface area contributed by atoms with E-state index in [0.29, 0.717) is 19.3 Å². The molecule has 36 heavy (non-hydrogen) atoms. The number of hydrogen-bond acceptors (Lipinski definition) is 3. The summed E-state index contributed by atoms with van der Waals surface area (Å²) in [6.07, 6.45) is 3.21. The molecule has 5 nitrogen and oxygen atoms in total. The number of amides is 2. The standard InChI is InChI=1S/C31H35N3O2/c1-24-7-5-6-10-28(24)33-19-21-34(22-20-33)30(36)16-18-31(17-15-29(35)32-31)23-25-11-13-27(14-12-25)26-8-3-2-4-9-26/h2-14H,15-23H2,1H3,(H,32,35)/t31-/m1/s1. The van der Waals surface area contributed by atoms with E-state index in [9.17, 15) is 9.59 Å². The van der Waals surface area contributed by atoms with Crippen LogP contribution in [-0.2, 0) is 16.0 Å². The van der Waals surface area contributed by atoms with Crippen molar-refractivity contribution >= 4 is 17.5 Å². The Morgan fingerprint density at radius 2 is 1.53 bits per heavy atom. The summed E-state index contributed by atoms with van der Waals surface area (Å²) in [5, 5.41) is 3.24. The molecule has 0 bridgehead atoms. The third-order valence-corrected chi connectivity index (χ3v) is 7.74. The Morgan fingerprint density at radius 1 is 0.861 bits per heavy atom. The molecule has 0 aliphatic carbocycles. The van der Waals surface area contributed by atoms with Crippen LogP contribution in [0.4, 0.5) is 5.69 Å². The van der Waals surface area contributed by atoms with E-state index in [1.54, 1.807) is 0 Å². The van der Waals surface area contributed by atoms with Crippen molar-refractivity contribution in [3.05, 3.63) is 90.0 Å². The Hall–Kier alpha value is -3.60. The zero-order valence-electron chi connectivity index (χ0n) is 21.1. The fraction of sp³-hybridized carbons (Fsp3) is 0.355. The summed E-state index contributed by atoms with van der Waals surface area (Å²) >= 11 is 0. The fourth-order valence-corrected chi connectivity index (χ4v) is 5.64. The van der Waals surface area contributed by atoms with E-state index in [1.165, 1.54) is 27.9 Å². The Labute approximate surface area is 214 Å².